The quantitative estimate of drug-likeness (QED) is 0.829. The fraction of sp³-hybridized carbons (Fsp3) is 0.500. The van der Waals surface area contributed by atoms with E-state index < -0.39 is 23.1 Å². The van der Waals surface area contributed by atoms with Gasteiger partial charge in [-0.25, -0.2) is 8.78 Å². The Morgan fingerprint density at radius 3 is 2.50 bits per heavy atom. The van der Waals surface area contributed by atoms with Crippen molar-refractivity contribution in [2.75, 3.05) is 13.2 Å². The summed E-state index contributed by atoms with van der Waals surface area (Å²) < 4.78 is 32.9. The number of amides is 1. The molecule has 0 aliphatic heterocycles. The van der Waals surface area contributed by atoms with Gasteiger partial charge in [-0.3, -0.25) is 4.79 Å². The molecule has 1 fully saturated rings. The molecule has 110 valence electrons. The van der Waals surface area contributed by atoms with Crippen LogP contribution in [0.25, 0.3) is 0 Å². The highest BCUT2D eigenvalue weighted by Gasteiger charge is 2.18. The first-order valence-corrected chi connectivity index (χ1v) is 7.41. The van der Waals surface area contributed by atoms with Crippen LogP contribution in [0.1, 0.15) is 36.0 Å². The zero-order valence-electron chi connectivity index (χ0n) is 10.9. The van der Waals surface area contributed by atoms with Crippen molar-refractivity contribution in [3.8, 4) is 0 Å². The molecule has 1 aliphatic rings. The minimum absolute atomic E-state index is 0.240. The normalized spacial score (nSPS) is 15.6. The number of carbonyl (C=O) groups is 1. The van der Waals surface area contributed by atoms with Crippen LogP contribution in [0.5, 0.6) is 0 Å². The zero-order valence-corrected chi connectivity index (χ0v) is 12.5. The molecule has 0 aromatic heterocycles. The van der Waals surface area contributed by atoms with E-state index >= 15 is 0 Å². The average molecular weight is 348 g/mol. The number of hydrogen-bond acceptors (Lipinski definition) is 2. The predicted molar refractivity (Wildman–Crippen MR) is 74.6 cm³/mol. The first kappa shape index (κ1) is 15.4. The lowest BCUT2D eigenvalue weighted by molar-refractivity contribution is 0.0580. The Hall–Kier alpha value is -1.01. The maximum atomic E-state index is 13.6. The SMILES string of the molecule is O=C(NCCOC1CCCC1)c1c(F)cc(Br)cc1F. The third kappa shape index (κ3) is 3.99. The summed E-state index contributed by atoms with van der Waals surface area (Å²) in [5, 5.41) is 2.46. The van der Waals surface area contributed by atoms with Crippen LogP contribution in [0.4, 0.5) is 8.78 Å². The number of rotatable bonds is 5. The summed E-state index contributed by atoms with van der Waals surface area (Å²) in [6.07, 6.45) is 4.69. The second kappa shape index (κ2) is 7.13. The highest BCUT2D eigenvalue weighted by molar-refractivity contribution is 9.10. The summed E-state index contributed by atoms with van der Waals surface area (Å²) in [5.74, 6) is -2.53. The van der Waals surface area contributed by atoms with Crippen molar-refractivity contribution in [3.05, 3.63) is 33.8 Å². The standard InChI is InChI=1S/C14H16BrF2NO2/c15-9-7-11(16)13(12(17)8-9)14(19)18-5-6-20-10-3-1-2-4-10/h7-8,10H,1-6H2,(H,18,19). The molecule has 0 heterocycles. The van der Waals surface area contributed by atoms with Crippen LogP contribution in [-0.2, 0) is 4.74 Å². The van der Waals surface area contributed by atoms with E-state index in [1.54, 1.807) is 0 Å². The molecule has 1 N–H and O–H groups in total. The molecular formula is C14H16BrF2NO2. The minimum Gasteiger partial charge on any atom is -0.376 e. The van der Waals surface area contributed by atoms with Crippen LogP contribution in [0.3, 0.4) is 0 Å². The molecule has 0 spiro atoms. The molecule has 0 radical (unpaired) electrons. The van der Waals surface area contributed by atoms with E-state index in [0.29, 0.717) is 6.61 Å². The lowest BCUT2D eigenvalue weighted by atomic mass is 10.2. The van der Waals surface area contributed by atoms with E-state index in [1.807, 2.05) is 0 Å². The van der Waals surface area contributed by atoms with E-state index in [9.17, 15) is 13.6 Å². The van der Waals surface area contributed by atoms with Gasteiger partial charge in [0.05, 0.1) is 12.7 Å². The van der Waals surface area contributed by atoms with Gasteiger partial charge in [-0.2, -0.15) is 0 Å². The molecule has 0 bridgehead atoms. The molecule has 0 unspecified atom stereocenters. The van der Waals surface area contributed by atoms with Gasteiger partial charge in [0.1, 0.15) is 17.2 Å². The van der Waals surface area contributed by atoms with Crippen molar-refractivity contribution in [3.63, 3.8) is 0 Å². The second-order valence-electron chi connectivity index (χ2n) is 4.78. The van der Waals surface area contributed by atoms with Gasteiger partial charge in [0.25, 0.3) is 5.91 Å². The second-order valence-corrected chi connectivity index (χ2v) is 5.69. The highest BCUT2D eigenvalue weighted by atomic mass is 79.9. The molecule has 3 nitrogen and oxygen atoms in total. The third-order valence-electron chi connectivity index (χ3n) is 3.28. The van der Waals surface area contributed by atoms with Gasteiger partial charge in [0.2, 0.25) is 0 Å². The summed E-state index contributed by atoms with van der Waals surface area (Å²) in [6.45, 7) is 0.598. The Bertz CT molecular complexity index is 467. The summed E-state index contributed by atoms with van der Waals surface area (Å²) in [5.41, 5.74) is -0.561. The van der Waals surface area contributed by atoms with Crippen molar-refractivity contribution in [2.24, 2.45) is 0 Å². The molecular weight excluding hydrogens is 332 g/mol. The number of ether oxygens (including phenoxy) is 1. The molecule has 1 aliphatic carbocycles. The van der Waals surface area contributed by atoms with Gasteiger partial charge < -0.3 is 10.1 Å². The fourth-order valence-electron chi connectivity index (χ4n) is 2.29. The van der Waals surface area contributed by atoms with Gasteiger partial charge in [-0.15, -0.1) is 0 Å². The van der Waals surface area contributed by atoms with Crippen molar-refractivity contribution < 1.29 is 18.3 Å². The molecule has 2 rings (SSSR count). The molecule has 6 heteroatoms. The number of benzene rings is 1. The monoisotopic (exact) mass is 347 g/mol. The summed E-state index contributed by atoms with van der Waals surface area (Å²) >= 11 is 2.97. The number of nitrogens with one attached hydrogen (secondary N) is 1. The molecule has 1 amide bonds. The first-order valence-electron chi connectivity index (χ1n) is 6.62. The van der Waals surface area contributed by atoms with E-state index in [-0.39, 0.29) is 17.1 Å². The van der Waals surface area contributed by atoms with Crippen LogP contribution in [0, 0.1) is 11.6 Å². The van der Waals surface area contributed by atoms with Crippen LogP contribution in [0.2, 0.25) is 0 Å². The molecule has 1 saturated carbocycles. The maximum Gasteiger partial charge on any atom is 0.257 e. The summed E-state index contributed by atoms with van der Waals surface area (Å²) in [4.78, 5) is 11.7. The van der Waals surface area contributed by atoms with E-state index in [0.717, 1.165) is 25.0 Å². The Morgan fingerprint density at radius 2 is 1.90 bits per heavy atom. The summed E-state index contributed by atoms with van der Waals surface area (Å²) in [7, 11) is 0. The summed E-state index contributed by atoms with van der Waals surface area (Å²) in [6, 6.07) is 2.13. The van der Waals surface area contributed by atoms with Gasteiger partial charge in [-0.1, -0.05) is 28.8 Å². The van der Waals surface area contributed by atoms with Gasteiger partial charge in [0, 0.05) is 11.0 Å². The van der Waals surface area contributed by atoms with Crippen molar-refractivity contribution in [2.45, 2.75) is 31.8 Å². The third-order valence-corrected chi connectivity index (χ3v) is 3.74. The Morgan fingerprint density at radius 1 is 1.30 bits per heavy atom. The van der Waals surface area contributed by atoms with Crippen LogP contribution in [0.15, 0.2) is 16.6 Å². The number of halogens is 3. The van der Waals surface area contributed by atoms with E-state index in [4.69, 9.17) is 4.74 Å². The average Bonchev–Trinajstić information content (AvgIpc) is 2.86. The number of hydrogen-bond donors (Lipinski definition) is 1. The Balaban J connectivity index is 1.82. The topological polar surface area (TPSA) is 38.3 Å². The minimum atomic E-state index is -0.883. The molecule has 0 saturated heterocycles. The lowest BCUT2D eigenvalue weighted by Gasteiger charge is -2.12. The van der Waals surface area contributed by atoms with Gasteiger partial charge >= 0.3 is 0 Å². The van der Waals surface area contributed by atoms with Crippen LogP contribution < -0.4 is 5.32 Å². The smallest absolute Gasteiger partial charge is 0.257 e. The molecule has 20 heavy (non-hydrogen) atoms. The van der Waals surface area contributed by atoms with Crippen molar-refractivity contribution >= 4 is 21.8 Å². The van der Waals surface area contributed by atoms with Crippen molar-refractivity contribution in [1.29, 1.82) is 0 Å². The van der Waals surface area contributed by atoms with Gasteiger partial charge in [-0.05, 0) is 25.0 Å². The van der Waals surface area contributed by atoms with E-state index in [2.05, 4.69) is 21.2 Å². The molecule has 0 atom stereocenters. The first-order chi connectivity index (χ1) is 9.58. The van der Waals surface area contributed by atoms with E-state index in [1.165, 1.54) is 12.8 Å². The molecule has 1 aromatic carbocycles. The zero-order chi connectivity index (χ0) is 14.5. The maximum absolute atomic E-state index is 13.6. The van der Waals surface area contributed by atoms with Gasteiger partial charge in [0.15, 0.2) is 0 Å². The Kier molecular flexibility index (Phi) is 5.48. The fourth-order valence-corrected chi connectivity index (χ4v) is 2.69. The largest absolute Gasteiger partial charge is 0.376 e. The van der Waals surface area contributed by atoms with Crippen LogP contribution in [-0.4, -0.2) is 25.2 Å². The van der Waals surface area contributed by atoms with Crippen molar-refractivity contribution in [1.82, 2.24) is 5.32 Å². The highest BCUT2D eigenvalue weighted by Crippen LogP contribution is 2.21. The Labute approximate surface area is 124 Å². The van der Waals surface area contributed by atoms with Crippen LogP contribution >= 0.6 is 15.9 Å². The number of carbonyl (C=O) groups excluding carboxylic acids is 1. The lowest BCUT2D eigenvalue weighted by Crippen LogP contribution is -2.29. The molecule has 1 aromatic rings. The predicted octanol–water partition coefficient (Wildman–Crippen LogP) is 3.42.